The third kappa shape index (κ3) is 1.85. The molecule has 0 aliphatic heterocycles. The van der Waals surface area contributed by atoms with Crippen molar-refractivity contribution in [2.24, 2.45) is 0 Å². The van der Waals surface area contributed by atoms with Crippen LogP contribution in [0, 0.1) is 3.57 Å². The fraction of sp³-hybridized carbons (Fsp3) is 0. The van der Waals surface area contributed by atoms with Gasteiger partial charge in [-0.3, -0.25) is 0 Å². The molecular weight excluding hydrogens is 402 g/mol. The Hall–Kier alpha value is 0.350. The highest BCUT2D eigenvalue weighted by Crippen LogP contribution is 2.31. The normalized spacial score (nSPS) is 10.9. The maximum atomic E-state index is 5.93. The van der Waals surface area contributed by atoms with Gasteiger partial charge in [0.25, 0.3) is 0 Å². The number of hydrogen-bond donors (Lipinski definition) is 0. The lowest BCUT2D eigenvalue weighted by molar-refractivity contribution is 1.22. The Kier molecular flexibility index (Phi) is 3.16. The first-order valence-electron chi connectivity index (χ1n) is 3.56. The second-order valence-electron chi connectivity index (χ2n) is 2.54. The predicted molar refractivity (Wildman–Crippen MR) is 70.0 cm³/mol. The van der Waals surface area contributed by atoms with E-state index in [1.54, 1.807) is 0 Å². The summed E-state index contributed by atoms with van der Waals surface area (Å²) in [6.07, 6.45) is 0. The fourth-order valence-corrected chi connectivity index (χ4v) is 2.39. The van der Waals surface area contributed by atoms with E-state index < -0.39 is 0 Å². The van der Waals surface area contributed by atoms with E-state index >= 15 is 0 Å². The second kappa shape index (κ2) is 4.08. The third-order valence-corrected chi connectivity index (χ3v) is 4.59. The number of aromatic nitrogens is 2. The van der Waals surface area contributed by atoms with Crippen molar-refractivity contribution in [3.05, 3.63) is 30.6 Å². The van der Waals surface area contributed by atoms with Gasteiger partial charge in [-0.1, -0.05) is 11.6 Å². The van der Waals surface area contributed by atoms with E-state index in [0.717, 1.165) is 18.9 Å². The van der Waals surface area contributed by atoms with Crippen LogP contribution in [0.3, 0.4) is 0 Å². The minimum Gasteiger partial charge on any atom is -0.217 e. The molecule has 72 valence electrons. The largest absolute Gasteiger partial charge is 0.224 e. The Labute approximate surface area is 112 Å². The van der Waals surface area contributed by atoms with Gasteiger partial charge in [-0.05, 0) is 62.3 Å². The molecule has 14 heavy (non-hydrogen) atoms. The molecule has 2 nitrogen and oxygen atoms in total. The Morgan fingerprint density at radius 2 is 1.93 bits per heavy atom. The van der Waals surface area contributed by atoms with Gasteiger partial charge in [0, 0.05) is 8.96 Å². The number of halogens is 4. The van der Waals surface area contributed by atoms with Gasteiger partial charge in [0.05, 0.1) is 9.99 Å². The van der Waals surface area contributed by atoms with Crippen molar-refractivity contribution in [3.63, 3.8) is 0 Å². The van der Waals surface area contributed by atoms with Crippen LogP contribution in [0.1, 0.15) is 0 Å². The molecule has 0 fully saturated rings. The fourth-order valence-electron chi connectivity index (χ4n) is 1.07. The zero-order chi connectivity index (χ0) is 10.3. The molecular formula is C8H2BrCl2IN2. The molecule has 0 saturated heterocycles. The first-order valence-corrected chi connectivity index (χ1v) is 6.19. The van der Waals surface area contributed by atoms with Crippen molar-refractivity contribution in [3.8, 4) is 0 Å². The predicted octanol–water partition coefficient (Wildman–Crippen LogP) is 4.30. The lowest BCUT2D eigenvalue weighted by Crippen LogP contribution is -1.89. The van der Waals surface area contributed by atoms with Crippen molar-refractivity contribution in [2.75, 3.05) is 0 Å². The van der Waals surface area contributed by atoms with Gasteiger partial charge in [0.2, 0.25) is 5.28 Å². The summed E-state index contributed by atoms with van der Waals surface area (Å²) in [5.41, 5.74) is 0.738. The lowest BCUT2D eigenvalue weighted by atomic mass is 10.2. The molecule has 0 aliphatic rings. The van der Waals surface area contributed by atoms with E-state index in [2.05, 4.69) is 48.5 Å². The van der Waals surface area contributed by atoms with Crippen LogP contribution >= 0.6 is 61.7 Å². The van der Waals surface area contributed by atoms with E-state index in [-0.39, 0.29) is 5.28 Å². The number of fused-ring (bicyclic) bond motifs is 1. The summed E-state index contributed by atoms with van der Waals surface area (Å²) in [4.78, 5) is 7.98. The van der Waals surface area contributed by atoms with Gasteiger partial charge in [-0.15, -0.1) is 0 Å². The standard InChI is InChI=1S/C8H2BrCl2IN2/c9-5-4(12)2-1-3-6(5)13-8(11)14-7(3)10/h1-2H. The molecule has 0 radical (unpaired) electrons. The maximum Gasteiger partial charge on any atom is 0.224 e. The molecule has 0 atom stereocenters. The smallest absolute Gasteiger partial charge is 0.217 e. The molecule has 0 saturated carbocycles. The number of hydrogen-bond acceptors (Lipinski definition) is 2. The number of nitrogens with zero attached hydrogens (tertiary/aromatic N) is 2. The van der Waals surface area contributed by atoms with Gasteiger partial charge in [-0.25, -0.2) is 9.97 Å². The minimum absolute atomic E-state index is 0.158. The van der Waals surface area contributed by atoms with Crippen LogP contribution in [0.4, 0.5) is 0 Å². The molecule has 6 heteroatoms. The molecule has 1 heterocycles. The second-order valence-corrected chi connectivity index (χ2v) is 5.19. The number of rotatable bonds is 0. The Morgan fingerprint density at radius 3 is 2.64 bits per heavy atom. The SMILES string of the molecule is Clc1nc(Cl)c2ccc(I)c(Br)c2n1. The highest BCUT2D eigenvalue weighted by molar-refractivity contribution is 14.1. The molecule has 0 amide bonds. The summed E-state index contributed by atoms with van der Waals surface area (Å²) in [6.45, 7) is 0. The highest BCUT2D eigenvalue weighted by Gasteiger charge is 2.09. The topological polar surface area (TPSA) is 25.8 Å². The first-order chi connectivity index (χ1) is 6.59. The first kappa shape index (κ1) is 10.9. The zero-order valence-corrected chi connectivity index (χ0v) is 11.8. The Balaban J connectivity index is 2.95. The summed E-state index contributed by atoms with van der Waals surface area (Å²) < 4.78 is 1.95. The summed E-state index contributed by atoms with van der Waals surface area (Å²) in [6, 6.07) is 3.82. The van der Waals surface area contributed by atoms with Crippen LogP contribution in [-0.4, -0.2) is 9.97 Å². The summed E-state index contributed by atoms with van der Waals surface area (Å²) >= 11 is 17.3. The van der Waals surface area contributed by atoms with Crippen molar-refractivity contribution in [1.29, 1.82) is 0 Å². The third-order valence-electron chi connectivity index (χ3n) is 1.69. The van der Waals surface area contributed by atoms with Gasteiger partial charge in [0.15, 0.2) is 0 Å². The average Bonchev–Trinajstić information content (AvgIpc) is 2.12. The van der Waals surface area contributed by atoms with Gasteiger partial charge in [0.1, 0.15) is 5.15 Å². The average molecular weight is 404 g/mol. The molecule has 0 N–H and O–H groups in total. The van der Waals surface area contributed by atoms with Crippen LogP contribution in [0.2, 0.25) is 10.4 Å². The van der Waals surface area contributed by atoms with Gasteiger partial charge >= 0.3 is 0 Å². The van der Waals surface area contributed by atoms with Crippen LogP contribution < -0.4 is 0 Å². The van der Waals surface area contributed by atoms with Crippen LogP contribution in [0.25, 0.3) is 10.9 Å². The molecule has 2 aromatic rings. The zero-order valence-electron chi connectivity index (χ0n) is 6.56. The Morgan fingerprint density at radius 1 is 1.21 bits per heavy atom. The highest BCUT2D eigenvalue weighted by atomic mass is 127. The summed E-state index contributed by atoms with van der Waals surface area (Å²) in [5, 5.41) is 1.32. The molecule has 1 aromatic heterocycles. The lowest BCUT2D eigenvalue weighted by Gasteiger charge is -2.03. The summed E-state index contributed by atoms with van der Waals surface area (Å²) in [7, 11) is 0. The van der Waals surface area contributed by atoms with Crippen molar-refractivity contribution < 1.29 is 0 Å². The minimum atomic E-state index is 0.158. The Bertz CT molecular complexity index is 518. The number of benzene rings is 1. The quantitative estimate of drug-likeness (QED) is 0.372. The van der Waals surface area contributed by atoms with E-state index in [1.165, 1.54) is 0 Å². The van der Waals surface area contributed by atoms with Crippen LogP contribution in [0.5, 0.6) is 0 Å². The molecule has 0 spiro atoms. The molecule has 1 aromatic carbocycles. The van der Waals surface area contributed by atoms with Gasteiger partial charge in [-0.2, -0.15) is 0 Å². The van der Waals surface area contributed by atoms with E-state index in [0.29, 0.717) is 5.15 Å². The molecule has 2 rings (SSSR count). The molecule has 0 aliphatic carbocycles. The maximum absolute atomic E-state index is 5.93. The van der Waals surface area contributed by atoms with Crippen LogP contribution in [0.15, 0.2) is 16.6 Å². The van der Waals surface area contributed by atoms with E-state index in [4.69, 9.17) is 23.2 Å². The molecule has 0 bridgehead atoms. The van der Waals surface area contributed by atoms with Crippen molar-refractivity contribution in [1.82, 2.24) is 9.97 Å². The van der Waals surface area contributed by atoms with Crippen LogP contribution in [-0.2, 0) is 0 Å². The summed E-state index contributed by atoms with van der Waals surface area (Å²) in [5.74, 6) is 0. The molecule has 0 unspecified atom stereocenters. The monoisotopic (exact) mass is 402 g/mol. The van der Waals surface area contributed by atoms with Gasteiger partial charge < -0.3 is 0 Å². The van der Waals surface area contributed by atoms with E-state index in [9.17, 15) is 0 Å². The van der Waals surface area contributed by atoms with Crippen molar-refractivity contribution >= 4 is 72.6 Å². The van der Waals surface area contributed by atoms with E-state index in [1.807, 2.05) is 12.1 Å². The van der Waals surface area contributed by atoms with Crippen molar-refractivity contribution in [2.45, 2.75) is 0 Å².